The van der Waals surface area contributed by atoms with E-state index in [1.165, 1.54) is 0 Å². The van der Waals surface area contributed by atoms with Gasteiger partial charge in [-0.25, -0.2) is 0 Å². The molecule has 0 bridgehead atoms. The highest BCUT2D eigenvalue weighted by molar-refractivity contribution is 6.17. The molecule has 1 aliphatic rings. The fraction of sp³-hybridized carbons (Fsp3) is 0.500. The first-order valence-electron chi connectivity index (χ1n) is 7.31. The largest absolute Gasteiger partial charge is 0.339 e. The molecule has 4 nitrogen and oxygen atoms in total. The number of amides is 2. The third-order valence-electron chi connectivity index (χ3n) is 3.74. The summed E-state index contributed by atoms with van der Waals surface area (Å²) in [6.45, 7) is 4.41. The van der Waals surface area contributed by atoms with Crippen molar-refractivity contribution >= 4 is 23.4 Å². The maximum absolute atomic E-state index is 12.4. The lowest BCUT2D eigenvalue weighted by molar-refractivity contribution is -0.132. The van der Waals surface area contributed by atoms with Crippen LogP contribution in [0.15, 0.2) is 24.3 Å². The lowest BCUT2D eigenvalue weighted by atomic mass is 10.1. The number of carbonyl (C=O) groups excluding carboxylic acids is 2. The normalized spacial score (nSPS) is 15.1. The van der Waals surface area contributed by atoms with E-state index in [0.29, 0.717) is 50.5 Å². The zero-order chi connectivity index (χ0) is 15.2. The highest BCUT2D eigenvalue weighted by Gasteiger charge is 2.24. The number of piperazine rings is 1. The van der Waals surface area contributed by atoms with E-state index < -0.39 is 0 Å². The molecule has 1 aliphatic heterocycles. The van der Waals surface area contributed by atoms with E-state index >= 15 is 0 Å². The van der Waals surface area contributed by atoms with Crippen LogP contribution in [-0.2, 0) is 4.79 Å². The van der Waals surface area contributed by atoms with Gasteiger partial charge in [-0.05, 0) is 25.5 Å². The number of hydrogen-bond acceptors (Lipinski definition) is 2. The molecule has 2 rings (SSSR count). The molecule has 0 spiro atoms. The molecule has 1 aromatic rings. The first-order valence-corrected chi connectivity index (χ1v) is 7.85. The van der Waals surface area contributed by atoms with Crippen molar-refractivity contribution in [1.82, 2.24) is 9.80 Å². The van der Waals surface area contributed by atoms with Crippen LogP contribution >= 0.6 is 11.6 Å². The first-order chi connectivity index (χ1) is 10.1. The van der Waals surface area contributed by atoms with Crippen LogP contribution in [0.4, 0.5) is 0 Å². The summed E-state index contributed by atoms with van der Waals surface area (Å²) in [5.74, 6) is 0.693. The number of nitrogens with zero attached hydrogens (tertiary/aromatic N) is 2. The zero-order valence-electron chi connectivity index (χ0n) is 12.3. The number of aryl methyl sites for hydroxylation is 1. The quantitative estimate of drug-likeness (QED) is 0.801. The van der Waals surface area contributed by atoms with Crippen molar-refractivity contribution in [2.24, 2.45) is 0 Å². The molecule has 0 unspecified atom stereocenters. The molecule has 1 heterocycles. The standard InChI is InChI=1S/C16H21ClN2O2/c1-13-4-6-14(7-5-13)16(21)19-11-9-18(10-12-19)15(20)3-2-8-17/h4-7H,2-3,8-12H2,1H3. The van der Waals surface area contributed by atoms with Gasteiger partial charge < -0.3 is 9.80 Å². The Balaban J connectivity index is 1.87. The van der Waals surface area contributed by atoms with Gasteiger partial charge >= 0.3 is 0 Å². The van der Waals surface area contributed by atoms with Crippen LogP contribution < -0.4 is 0 Å². The average Bonchev–Trinajstić information content (AvgIpc) is 2.53. The molecule has 0 aliphatic carbocycles. The molecular weight excluding hydrogens is 288 g/mol. The van der Waals surface area contributed by atoms with Gasteiger partial charge in [0.2, 0.25) is 5.91 Å². The summed E-state index contributed by atoms with van der Waals surface area (Å²) < 4.78 is 0. The Hall–Kier alpha value is -1.55. The number of benzene rings is 1. The zero-order valence-corrected chi connectivity index (χ0v) is 13.1. The number of hydrogen-bond donors (Lipinski definition) is 0. The van der Waals surface area contributed by atoms with Gasteiger partial charge in [-0.1, -0.05) is 17.7 Å². The van der Waals surface area contributed by atoms with Gasteiger partial charge in [-0.2, -0.15) is 0 Å². The molecule has 1 saturated heterocycles. The highest BCUT2D eigenvalue weighted by Crippen LogP contribution is 2.11. The minimum atomic E-state index is 0.0443. The molecule has 0 saturated carbocycles. The lowest BCUT2D eigenvalue weighted by Gasteiger charge is -2.35. The minimum absolute atomic E-state index is 0.0443. The third kappa shape index (κ3) is 4.21. The van der Waals surface area contributed by atoms with Crippen LogP contribution in [0.1, 0.15) is 28.8 Å². The maximum atomic E-state index is 12.4. The molecule has 0 radical (unpaired) electrons. The second-order valence-electron chi connectivity index (χ2n) is 5.33. The molecule has 1 aromatic carbocycles. The van der Waals surface area contributed by atoms with E-state index in [4.69, 9.17) is 11.6 Å². The predicted molar refractivity (Wildman–Crippen MR) is 83.6 cm³/mol. The van der Waals surface area contributed by atoms with Crippen molar-refractivity contribution in [3.8, 4) is 0 Å². The van der Waals surface area contributed by atoms with E-state index in [9.17, 15) is 9.59 Å². The number of alkyl halides is 1. The number of halogens is 1. The summed E-state index contributed by atoms with van der Waals surface area (Å²) in [6.07, 6.45) is 1.21. The first kappa shape index (κ1) is 15.8. The van der Waals surface area contributed by atoms with Gasteiger partial charge in [0.15, 0.2) is 0 Å². The SMILES string of the molecule is Cc1ccc(C(=O)N2CCN(C(=O)CCCCl)CC2)cc1. The Labute approximate surface area is 130 Å². The predicted octanol–water partition coefficient (Wildman–Crippen LogP) is 2.30. The topological polar surface area (TPSA) is 40.6 Å². The van der Waals surface area contributed by atoms with Gasteiger partial charge in [-0.15, -0.1) is 11.6 Å². The molecule has 21 heavy (non-hydrogen) atoms. The van der Waals surface area contributed by atoms with Gasteiger partial charge in [-0.3, -0.25) is 9.59 Å². The lowest BCUT2D eigenvalue weighted by Crippen LogP contribution is -2.50. The fourth-order valence-electron chi connectivity index (χ4n) is 2.41. The minimum Gasteiger partial charge on any atom is -0.339 e. The molecule has 114 valence electrons. The molecule has 5 heteroatoms. The van der Waals surface area contributed by atoms with Crippen LogP contribution in [-0.4, -0.2) is 53.7 Å². The van der Waals surface area contributed by atoms with E-state index in [0.717, 1.165) is 5.56 Å². The van der Waals surface area contributed by atoms with Crippen LogP contribution in [0.2, 0.25) is 0 Å². The molecule has 0 N–H and O–H groups in total. The summed E-state index contributed by atoms with van der Waals surface area (Å²) in [6, 6.07) is 7.60. The van der Waals surface area contributed by atoms with E-state index in [1.807, 2.05) is 41.0 Å². The van der Waals surface area contributed by atoms with Gasteiger partial charge in [0, 0.05) is 44.0 Å². The Bertz CT molecular complexity index is 494. The van der Waals surface area contributed by atoms with E-state index in [-0.39, 0.29) is 11.8 Å². The monoisotopic (exact) mass is 308 g/mol. The summed E-state index contributed by atoms with van der Waals surface area (Å²) >= 11 is 5.60. The fourth-order valence-corrected chi connectivity index (χ4v) is 2.55. The number of carbonyl (C=O) groups is 2. The highest BCUT2D eigenvalue weighted by atomic mass is 35.5. The second-order valence-corrected chi connectivity index (χ2v) is 5.71. The summed E-state index contributed by atoms with van der Waals surface area (Å²) in [7, 11) is 0. The van der Waals surface area contributed by atoms with E-state index in [1.54, 1.807) is 0 Å². The van der Waals surface area contributed by atoms with Crippen molar-refractivity contribution in [2.75, 3.05) is 32.1 Å². The van der Waals surface area contributed by atoms with Crippen molar-refractivity contribution in [2.45, 2.75) is 19.8 Å². The maximum Gasteiger partial charge on any atom is 0.253 e. The summed E-state index contributed by atoms with van der Waals surface area (Å²) in [5, 5.41) is 0. The van der Waals surface area contributed by atoms with Crippen molar-refractivity contribution in [3.05, 3.63) is 35.4 Å². The molecule has 0 atom stereocenters. The molecular formula is C16H21ClN2O2. The Morgan fingerprint density at radius 3 is 2.19 bits per heavy atom. The second kappa shape index (κ2) is 7.46. The average molecular weight is 309 g/mol. The van der Waals surface area contributed by atoms with Crippen LogP contribution in [0.25, 0.3) is 0 Å². The number of rotatable bonds is 4. The summed E-state index contributed by atoms with van der Waals surface area (Å²) in [4.78, 5) is 27.9. The Kier molecular flexibility index (Phi) is 5.62. The van der Waals surface area contributed by atoms with Gasteiger partial charge in [0.25, 0.3) is 5.91 Å². The van der Waals surface area contributed by atoms with Crippen LogP contribution in [0.5, 0.6) is 0 Å². The van der Waals surface area contributed by atoms with Gasteiger partial charge in [0.1, 0.15) is 0 Å². The molecule has 1 fully saturated rings. The Morgan fingerprint density at radius 1 is 1.05 bits per heavy atom. The molecule has 0 aromatic heterocycles. The van der Waals surface area contributed by atoms with Crippen LogP contribution in [0.3, 0.4) is 0 Å². The Morgan fingerprint density at radius 2 is 1.62 bits per heavy atom. The van der Waals surface area contributed by atoms with Gasteiger partial charge in [0.05, 0.1) is 0 Å². The van der Waals surface area contributed by atoms with Crippen molar-refractivity contribution < 1.29 is 9.59 Å². The third-order valence-corrected chi connectivity index (χ3v) is 4.01. The van der Waals surface area contributed by atoms with E-state index in [2.05, 4.69) is 0 Å². The van der Waals surface area contributed by atoms with Crippen molar-refractivity contribution in [1.29, 1.82) is 0 Å². The summed E-state index contributed by atoms with van der Waals surface area (Å²) in [5.41, 5.74) is 1.85. The van der Waals surface area contributed by atoms with Crippen LogP contribution in [0, 0.1) is 6.92 Å². The van der Waals surface area contributed by atoms with Crippen molar-refractivity contribution in [3.63, 3.8) is 0 Å². The smallest absolute Gasteiger partial charge is 0.253 e. The molecule has 2 amide bonds.